The minimum absolute atomic E-state index is 0.0000466. The molecular formula is C25H26F4N6O3. The summed E-state index contributed by atoms with van der Waals surface area (Å²) in [4.78, 5) is 24.8. The monoisotopic (exact) mass is 534 g/mol. The van der Waals surface area contributed by atoms with E-state index in [1.54, 1.807) is 20.8 Å². The van der Waals surface area contributed by atoms with Crippen LogP contribution >= 0.6 is 0 Å². The van der Waals surface area contributed by atoms with Crippen LogP contribution in [0, 0.1) is 11.2 Å². The fourth-order valence-electron chi connectivity index (χ4n) is 5.59. The quantitative estimate of drug-likeness (QED) is 0.376. The summed E-state index contributed by atoms with van der Waals surface area (Å²) in [5.74, 6) is -2.92. The molecule has 1 aromatic carbocycles. The Kier molecular flexibility index (Phi) is 5.62. The molecule has 1 unspecified atom stereocenters. The fraction of sp³-hybridized carbons (Fsp3) is 0.440. The molecule has 3 saturated carbocycles. The van der Waals surface area contributed by atoms with Crippen LogP contribution in [0.2, 0.25) is 0 Å². The highest BCUT2D eigenvalue weighted by Gasteiger charge is 2.79. The maximum atomic E-state index is 15.2. The Morgan fingerprint density at radius 3 is 2.37 bits per heavy atom. The van der Waals surface area contributed by atoms with Gasteiger partial charge in [0.1, 0.15) is 22.9 Å². The van der Waals surface area contributed by atoms with Crippen molar-refractivity contribution >= 4 is 23.5 Å². The van der Waals surface area contributed by atoms with Crippen molar-refractivity contribution in [3.05, 3.63) is 46.9 Å². The molecule has 0 spiro atoms. The van der Waals surface area contributed by atoms with Crippen molar-refractivity contribution in [3.63, 3.8) is 0 Å². The van der Waals surface area contributed by atoms with E-state index in [0.29, 0.717) is 11.3 Å². The molecular weight excluding hydrogens is 508 g/mol. The predicted octanol–water partition coefficient (Wildman–Crippen LogP) is 4.67. The molecule has 202 valence electrons. The van der Waals surface area contributed by atoms with E-state index in [2.05, 4.69) is 15.6 Å². The second-order valence-electron chi connectivity index (χ2n) is 10.6. The SMILES string of the molecule is CC(C(=O)Nc1cc(C23CC(C(F)(F)F)(C2)C3)no1)c1ccc(-c2nn(C(C)C)c(N)c2C(N)=O)c(F)c1. The maximum Gasteiger partial charge on any atom is 0.394 e. The first-order valence-electron chi connectivity index (χ1n) is 12.0. The number of nitrogens with one attached hydrogen (secondary N) is 1. The number of nitrogens with zero attached hydrogens (tertiary/aromatic N) is 3. The van der Waals surface area contributed by atoms with Gasteiger partial charge in [0, 0.05) is 23.1 Å². The highest BCUT2D eigenvalue weighted by molar-refractivity contribution is 6.03. The number of hydrogen-bond donors (Lipinski definition) is 3. The van der Waals surface area contributed by atoms with Gasteiger partial charge in [-0.3, -0.25) is 14.9 Å². The Hall–Kier alpha value is -3.90. The van der Waals surface area contributed by atoms with Gasteiger partial charge < -0.3 is 16.0 Å². The topological polar surface area (TPSA) is 142 Å². The third-order valence-electron chi connectivity index (χ3n) is 7.76. The largest absolute Gasteiger partial charge is 0.394 e. The lowest BCUT2D eigenvalue weighted by Crippen LogP contribution is -2.70. The van der Waals surface area contributed by atoms with Gasteiger partial charge >= 0.3 is 6.18 Å². The highest BCUT2D eigenvalue weighted by atomic mass is 19.4. The number of hydrogen-bond acceptors (Lipinski definition) is 6. The number of benzene rings is 1. The van der Waals surface area contributed by atoms with Crippen molar-refractivity contribution < 1.29 is 31.7 Å². The Bertz CT molecular complexity index is 1440. The molecule has 2 heterocycles. The zero-order valence-corrected chi connectivity index (χ0v) is 20.8. The van der Waals surface area contributed by atoms with Gasteiger partial charge in [-0.25, -0.2) is 9.07 Å². The molecule has 5 N–H and O–H groups in total. The van der Waals surface area contributed by atoms with Gasteiger partial charge in [-0.05, 0) is 57.7 Å². The average molecular weight is 535 g/mol. The Balaban J connectivity index is 1.30. The maximum absolute atomic E-state index is 15.2. The van der Waals surface area contributed by atoms with Crippen molar-refractivity contribution in [1.29, 1.82) is 0 Å². The zero-order chi connectivity index (χ0) is 27.8. The number of primary amides is 1. The summed E-state index contributed by atoms with van der Waals surface area (Å²) in [6, 6.07) is 5.29. The molecule has 3 aromatic rings. The van der Waals surface area contributed by atoms with E-state index in [0.717, 1.165) is 6.07 Å². The van der Waals surface area contributed by atoms with Gasteiger partial charge in [0.05, 0.1) is 17.0 Å². The van der Waals surface area contributed by atoms with Gasteiger partial charge in [-0.15, -0.1) is 0 Å². The van der Waals surface area contributed by atoms with E-state index in [-0.39, 0.29) is 53.8 Å². The molecule has 2 bridgehead atoms. The van der Waals surface area contributed by atoms with E-state index in [9.17, 15) is 22.8 Å². The van der Waals surface area contributed by atoms with Gasteiger partial charge in [0.15, 0.2) is 0 Å². The van der Waals surface area contributed by atoms with Crippen LogP contribution < -0.4 is 16.8 Å². The third kappa shape index (κ3) is 3.74. The second-order valence-corrected chi connectivity index (χ2v) is 10.6. The number of anilines is 2. The summed E-state index contributed by atoms with van der Waals surface area (Å²) in [5.41, 5.74) is 9.80. The number of alkyl halides is 3. The fourth-order valence-corrected chi connectivity index (χ4v) is 5.59. The first-order chi connectivity index (χ1) is 17.7. The molecule has 3 aliphatic carbocycles. The Morgan fingerprint density at radius 2 is 1.82 bits per heavy atom. The molecule has 0 saturated heterocycles. The molecule has 6 rings (SSSR count). The summed E-state index contributed by atoms with van der Waals surface area (Å²) < 4.78 is 61.1. The lowest BCUT2D eigenvalue weighted by Gasteiger charge is -2.69. The van der Waals surface area contributed by atoms with E-state index >= 15 is 4.39 Å². The van der Waals surface area contributed by atoms with Crippen LogP contribution in [0.25, 0.3) is 11.3 Å². The summed E-state index contributed by atoms with van der Waals surface area (Å²) in [7, 11) is 0. The van der Waals surface area contributed by atoms with Crippen molar-refractivity contribution in [2.75, 3.05) is 11.1 Å². The number of carbonyl (C=O) groups is 2. The van der Waals surface area contributed by atoms with Gasteiger partial charge in [0.2, 0.25) is 11.8 Å². The summed E-state index contributed by atoms with van der Waals surface area (Å²) >= 11 is 0. The van der Waals surface area contributed by atoms with Crippen molar-refractivity contribution in [2.45, 2.75) is 63.6 Å². The molecule has 3 aliphatic rings. The lowest BCUT2D eigenvalue weighted by molar-refractivity contribution is -0.338. The molecule has 38 heavy (non-hydrogen) atoms. The molecule has 9 nitrogen and oxygen atoms in total. The van der Waals surface area contributed by atoms with E-state index in [1.807, 2.05) is 0 Å². The van der Waals surface area contributed by atoms with Crippen LogP contribution in [0.5, 0.6) is 0 Å². The van der Waals surface area contributed by atoms with Crippen molar-refractivity contribution in [3.8, 4) is 11.3 Å². The van der Waals surface area contributed by atoms with Crippen molar-refractivity contribution in [2.24, 2.45) is 11.1 Å². The minimum Gasteiger partial charge on any atom is -0.383 e. The number of carbonyl (C=O) groups excluding carboxylic acids is 2. The second kappa shape index (κ2) is 8.30. The number of aromatic nitrogens is 3. The van der Waals surface area contributed by atoms with Gasteiger partial charge in [-0.2, -0.15) is 18.3 Å². The molecule has 3 fully saturated rings. The highest BCUT2D eigenvalue weighted by Crippen LogP contribution is 2.78. The van der Waals surface area contributed by atoms with Crippen molar-refractivity contribution in [1.82, 2.24) is 14.9 Å². The Morgan fingerprint density at radius 1 is 1.16 bits per heavy atom. The molecule has 0 radical (unpaired) electrons. The minimum atomic E-state index is -4.24. The Labute approximate surface area is 214 Å². The van der Waals surface area contributed by atoms with Crippen LogP contribution in [0.1, 0.15) is 73.6 Å². The lowest BCUT2D eigenvalue weighted by atomic mass is 9.34. The van der Waals surface area contributed by atoms with Crippen LogP contribution in [0.15, 0.2) is 28.8 Å². The number of nitrogens with two attached hydrogens (primary N) is 2. The predicted molar refractivity (Wildman–Crippen MR) is 129 cm³/mol. The van der Waals surface area contributed by atoms with Crippen LogP contribution in [0.3, 0.4) is 0 Å². The number of amides is 2. The molecule has 0 aliphatic heterocycles. The smallest absolute Gasteiger partial charge is 0.383 e. The van der Waals surface area contributed by atoms with E-state index < -0.39 is 40.6 Å². The van der Waals surface area contributed by atoms with Crippen LogP contribution in [-0.4, -0.2) is 32.9 Å². The number of halogens is 4. The summed E-state index contributed by atoms with van der Waals surface area (Å²) in [6.45, 7) is 5.14. The number of rotatable bonds is 7. The molecule has 1 atom stereocenters. The normalized spacial score (nSPS) is 23.1. The third-order valence-corrected chi connectivity index (χ3v) is 7.76. The zero-order valence-electron chi connectivity index (χ0n) is 20.8. The van der Waals surface area contributed by atoms with Gasteiger partial charge in [-0.1, -0.05) is 11.2 Å². The summed E-state index contributed by atoms with van der Waals surface area (Å²) in [5, 5.41) is 10.7. The number of nitrogen functional groups attached to an aromatic ring is 1. The molecule has 2 aromatic heterocycles. The first-order valence-corrected chi connectivity index (χ1v) is 12.0. The standard InChI is InChI=1S/C25H26F4N6O3/c1-11(2)35-20(30)18(21(31)36)19(33-35)14-5-4-13(6-15(14)26)12(3)22(37)32-17-7-16(34-38-17)23-8-24(9-23,10-23)25(27,28)29/h4-7,11-12H,8-10,30H2,1-3H3,(H2,31,36)(H,32,37). The van der Waals surface area contributed by atoms with Crippen LogP contribution in [0.4, 0.5) is 29.3 Å². The summed E-state index contributed by atoms with van der Waals surface area (Å²) in [6.07, 6.45) is -4.35. The van der Waals surface area contributed by atoms with Crippen LogP contribution in [-0.2, 0) is 10.2 Å². The average Bonchev–Trinajstić information content (AvgIpc) is 3.34. The van der Waals surface area contributed by atoms with E-state index in [4.69, 9.17) is 16.0 Å². The molecule has 13 heteroatoms. The van der Waals surface area contributed by atoms with Gasteiger partial charge in [0.25, 0.3) is 5.91 Å². The van der Waals surface area contributed by atoms with E-state index in [1.165, 1.54) is 22.9 Å². The molecule has 2 amide bonds. The first kappa shape index (κ1) is 25.7.